The minimum Gasteiger partial charge on any atom is -0.481 e. The third-order valence-electron chi connectivity index (χ3n) is 6.18. The molecule has 0 spiro atoms. The van der Waals surface area contributed by atoms with Crippen molar-refractivity contribution in [2.75, 3.05) is 5.32 Å². The maximum atomic E-state index is 14.8. The van der Waals surface area contributed by atoms with Crippen molar-refractivity contribution in [3.05, 3.63) is 52.1 Å². The van der Waals surface area contributed by atoms with E-state index in [0.717, 1.165) is 25.0 Å². The van der Waals surface area contributed by atoms with Crippen LogP contribution in [0, 0.1) is 11.2 Å². The van der Waals surface area contributed by atoms with Gasteiger partial charge in [-0.1, -0.05) is 42.7 Å². The maximum absolute atomic E-state index is 14.8. The van der Waals surface area contributed by atoms with Gasteiger partial charge in [0.1, 0.15) is 5.82 Å². The molecule has 0 unspecified atom stereocenters. The molecule has 37 heavy (non-hydrogen) atoms. The standard InChI is InChI=1S/C25H25ClF3N3O5/c1-24(2,3)25(28,29)18-11-17(31-36-18)23-21(12-4-5-12)22(32-37-23)13(9-20(34)35)8-19(33)30-16-7-6-14(26)10-15(16)27/h6-7,10-13H,4-5,8-9H2,1-3H3,(H,30,33)(H,34,35)/t13-/m0/s1. The Hall–Kier alpha value is -3.34. The Kier molecular flexibility index (Phi) is 7.11. The van der Waals surface area contributed by atoms with Crippen molar-refractivity contribution >= 4 is 29.2 Å². The summed E-state index contributed by atoms with van der Waals surface area (Å²) in [5.41, 5.74) is -0.809. The molecule has 4 rings (SSSR count). The van der Waals surface area contributed by atoms with E-state index >= 15 is 0 Å². The number of anilines is 1. The van der Waals surface area contributed by atoms with Crippen molar-refractivity contribution < 1.29 is 36.9 Å². The number of hydrogen-bond acceptors (Lipinski definition) is 6. The number of rotatable bonds is 9. The number of aromatic nitrogens is 2. The predicted octanol–water partition coefficient (Wildman–Crippen LogP) is 6.72. The van der Waals surface area contributed by atoms with Gasteiger partial charge in [-0.05, 0) is 37.0 Å². The third-order valence-corrected chi connectivity index (χ3v) is 6.42. The summed E-state index contributed by atoms with van der Waals surface area (Å²) in [4.78, 5) is 24.3. The van der Waals surface area contributed by atoms with Crippen LogP contribution in [-0.2, 0) is 15.5 Å². The monoisotopic (exact) mass is 539 g/mol. The number of halogens is 4. The van der Waals surface area contributed by atoms with Gasteiger partial charge in [-0.2, -0.15) is 8.78 Å². The molecule has 8 nitrogen and oxygen atoms in total. The molecule has 2 heterocycles. The summed E-state index contributed by atoms with van der Waals surface area (Å²) in [5, 5.41) is 19.9. The number of nitrogens with one attached hydrogen (secondary N) is 1. The normalized spacial score (nSPS) is 15.0. The predicted molar refractivity (Wildman–Crippen MR) is 127 cm³/mol. The number of carboxylic acid groups (broad SMARTS) is 1. The van der Waals surface area contributed by atoms with Crippen molar-refractivity contribution in [3.8, 4) is 11.5 Å². The van der Waals surface area contributed by atoms with Gasteiger partial charge in [0.05, 0.1) is 17.8 Å². The molecule has 0 aliphatic heterocycles. The van der Waals surface area contributed by atoms with E-state index in [-0.39, 0.29) is 40.2 Å². The zero-order valence-corrected chi connectivity index (χ0v) is 21.0. The second-order valence-electron chi connectivity index (χ2n) is 10.2. The van der Waals surface area contributed by atoms with Crippen LogP contribution in [0.1, 0.15) is 75.3 Å². The van der Waals surface area contributed by atoms with E-state index in [9.17, 15) is 27.9 Å². The summed E-state index contributed by atoms with van der Waals surface area (Å²) >= 11 is 5.74. The van der Waals surface area contributed by atoms with E-state index in [1.54, 1.807) is 0 Å². The topological polar surface area (TPSA) is 118 Å². The van der Waals surface area contributed by atoms with Gasteiger partial charge in [0.15, 0.2) is 11.5 Å². The largest absolute Gasteiger partial charge is 0.481 e. The molecule has 3 aromatic rings. The highest BCUT2D eigenvalue weighted by Gasteiger charge is 2.49. The molecule has 2 N–H and O–H groups in total. The molecule has 0 saturated heterocycles. The number of nitrogens with zero attached hydrogens (tertiary/aromatic N) is 2. The fourth-order valence-electron chi connectivity index (χ4n) is 3.95. The zero-order valence-electron chi connectivity index (χ0n) is 20.3. The smallest absolute Gasteiger partial charge is 0.312 e. The van der Waals surface area contributed by atoms with E-state index < -0.39 is 47.1 Å². The molecule has 198 valence electrons. The van der Waals surface area contributed by atoms with E-state index in [1.807, 2.05) is 0 Å². The number of aliphatic carboxylic acids is 1. The molecular weight excluding hydrogens is 515 g/mol. The fraction of sp³-hybridized carbons (Fsp3) is 0.440. The highest BCUT2D eigenvalue weighted by molar-refractivity contribution is 6.30. The molecule has 1 atom stereocenters. The van der Waals surface area contributed by atoms with Crippen molar-refractivity contribution in [2.24, 2.45) is 5.41 Å². The van der Waals surface area contributed by atoms with E-state index in [2.05, 4.69) is 15.6 Å². The molecule has 1 aliphatic rings. The summed E-state index contributed by atoms with van der Waals surface area (Å²) in [6.45, 7) is 4.11. The van der Waals surface area contributed by atoms with Gasteiger partial charge in [-0.3, -0.25) is 9.59 Å². The summed E-state index contributed by atoms with van der Waals surface area (Å²) in [5.74, 6) is -7.43. The Bertz CT molecular complexity index is 1330. The van der Waals surface area contributed by atoms with Gasteiger partial charge >= 0.3 is 11.9 Å². The van der Waals surface area contributed by atoms with E-state index in [0.29, 0.717) is 5.56 Å². The molecule has 1 aliphatic carbocycles. The average Bonchev–Trinajstić information content (AvgIpc) is 3.32. The zero-order chi connectivity index (χ0) is 27.1. The number of benzene rings is 1. The minimum absolute atomic E-state index is 0.00124. The second-order valence-corrected chi connectivity index (χ2v) is 10.6. The first kappa shape index (κ1) is 26.7. The van der Waals surface area contributed by atoms with Crippen LogP contribution >= 0.6 is 11.6 Å². The molecule has 1 fully saturated rings. The molecule has 12 heteroatoms. The van der Waals surface area contributed by atoms with Crippen LogP contribution in [0.3, 0.4) is 0 Å². The van der Waals surface area contributed by atoms with Crippen LogP contribution in [0.4, 0.5) is 18.9 Å². The van der Waals surface area contributed by atoms with Crippen LogP contribution in [-0.4, -0.2) is 27.3 Å². The van der Waals surface area contributed by atoms with E-state index in [1.165, 1.54) is 32.9 Å². The lowest BCUT2D eigenvalue weighted by Gasteiger charge is -2.27. The van der Waals surface area contributed by atoms with Crippen molar-refractivity contribution in [1.82, 2.24) is 10.3 Å². The van der Waals surface area contributed by atoms with E-state index in [4.69, 9.17) is 20.6 Å². The first-order valence-electron chi connectivity index (χ1n) is 11.6. The average molecular weight is 540 g/mol. The SMILES string of the molecule is CC(C)(C)C(F)(F)c1cc(-c2onc([C@H](CC(=O)O)CC(=O)Nc3ccc(Cl)cc3F)c2C2CC2)no1. The lowest BCUT2D eigenvalue weighted by molar-refractivity contribution is -0.137. The lowest BCUT2D eigenvalue weighted by Crippen LogP contribution is -2.30. The van der Waals surface area contributed by atoms with Crippen LogP contribution in [0.25, 0.3) is 11.5 Å². The molecular formula is C25H25ClF3N3O5. The third kappa shape index (κ3) is 5.66. The minimum atomic E-state index is -3.32. The van der Waals surface area contributed by atoms with Gasteiger partial charge < -0.3 is 19.5 Å². The number of hydrogen-bond donors (Lipinski definition) is 2. The molecule has 0 radical (unpaired) electrons. The van der Waals surface area contributed by atoms with Gasteiger partial charge in [0, 0.05) is 34.4 Å². The Morgan fingerprint density at radius 3 is 2.46 bits per heavy atom. The van der Waals surface area contributed by atoms with Gasteiger partial charge in [-0.25, -0.2) is 4.39 Å². The lowest BCUT2D eigenvalue weighted by atomic mass is 9.86. The van der Waals surface area contributed by atoms with Crippen LogP contribution < -0.4 is 5.32 Å². The number of carbonyl (C=O) groups is 2. The van der Waals surface area contributed by atoms with Crippen molar-refractivity contribution in [1.29, 1.82) is 0 Å². The summed E-state index contributed by atoms with van der Waals surface area (Å²) in [6, 6.07) is 4.82. The fourth-order valence-corrected chi connectivity index (χ4v) is 4.11. The first-order chi connectivity index (χ1) is 17.3. The van der Waals surface area contributed by atoms with Gasteiger partial charge in [0.2, 0.25) is 11.7 Å². The van der Waals surface area contributed by atoms with Crippen molar-refractivity contribution in [3.63, 3.8) is 0 Å². The quantitative estimate of drug-likeness (QED) is 0.309. The highest BCUT2D eigenvalue weighted by atomic mass is 35.5. The molecule has 0 bridgehead atoms. The maximum Gasteiger partial charge on any atom is 0.312 e. The highest BCUT2D eigenvalue weighted by Crippen LogP contribution is 2.50. The summed E-state index contributed by atoms with van der Waals surface area (Å²) < 4.78 is 54.1. The molecule has 1 saturated carbocycles. The second kappa shape index (κ2) is 9.85. The number of carbonyl (C=O) groups excluding carboxylic acids is 1. The Morgan fingerprint density at radius 1 is 1.16 bits per heavy atom. The Morgan fingerprint density at radius 2 is 1.86 bits per heavy atom. The molecule has 2 aromatic heterocycles. The number of carboxylic acids is 1. The summed E-state index contributed by atoms with van der Waals surface area (Å²) in [6.07, 6.45) is 0.679. The van der Waals surface area contributed by atoms with Crippen molar-refractivity contribution in [2.45, 2.75) is 64.2 Å². The Labute approximate surface area is 215 Å². The van der Waals surface area contributed by atoms with Crippen LogP contribution in [0.5, 0.6) is 0 Å². The summed E-state index contributed by atoms with van der Waals surface area (Å²) in [7, 11) is 0. The molecule has 1 amide bonds. The van der Waals surface area contributed by atoms with Crippen LogP contribution in [0.2, 0.25) is 5.02 Å². The number of amides is 1. The van der Waals surface area contributed by atoms with Crippen LogP contribution in [0.15, 0.2) is 33.3 Å². The molecule has 1 aromatic carbocycles. The van der Waals surface area contributed by atoms with Gasteiger partial charge in [0.25, 0.3) is 0 Å². The van der Waals surface area contributed by atoms with Gasteiger partial charge in [-0.15, -0.1) is 0 Å². The number of alkyl halides is 2. The Balaban J connectivity index is 1.64. The first-order valence-corrected chi connectivity index (χ1v) is 12.0.